The number of nitrogens with zero attached hydrogens (tertiary/aromatic N) is 2. The van der Waals surface area contributed by atoms with E-state index in [4.69, 9.17) is 10.00 Å². The second kappa shape index (κ2) is 8.54. The predicted octanol–water partition coefficient (Wildman–Crippen LogP) is 1.85. The van der Waals surface area contributed by atoms with Crippen LogP contribution in [0.15, 0.2) is 23.9 Å². The minimum absolute atomic E-state index is 0.0224. The van der Waals surface area contributed by atoms with Crippen LogP contribution in [0.25, 0.3) is 0 Å². The van der Waals surface area contributed by atoms with Gasteiger partial charge in [-0.25, -0.2) is 4.79 Å². The Hall–Kier alpha value is -1.76. The monoisotopic (exact) mass is 222 g/mol. The van der Waals surface area contributed by atoms with Crippen LogP contribution in [0.5, 0.6) is 0 Å². The van der Waals surface area contributed by atoms with Crippen molar-refractivity contribution in [1.29, 1.82) is 5.26 Å². The molecule has 0 bridgehead atoms. The average molecular weight is 222 g/mol. The van der Waals surface area contributed by atoms with Gasteiger partial charge in [0.2, 0.25) is 0 Å². The molecule has 0 radical (unpaired) electrons. The number of carbonyl (C=O) groups excluding carboxylic acids is 1. The van der Waals surface area contributed by atoms with E-state index in [9.17, 15) is 4.79 Å². The van der Waals surface area contributed by atoms with Gasteiger partial charge in [-0.1, -0.05) is 13.3 Å². The van der Waals surface area contributed by atoms with Crippen LogP contribution in [0.3, 0.4) is 0 Å². The standard InChI is InChI=1S/C12H18N2O2/c1-4-5-9-16-12(15)11(10-13)7-6-8-14(2)3/h6-8H,4-5,9H2,1-3H3. The fourth-order valence-electron chi connectivity index (χ4n) is 0.849. The zero-order valence-electron chi connectivity index (χ0n) is 10.1. The van der Waals surface area contributed by atoms with Gasteiger partial charge in [-0.05, 0) is 24.8 Å². The topological polar surface area (TPSA) is 53.3 Å². The number of hydrogen-bond donors (Lipinski definition) is 0. The number of hydrogen-bond acceptors (Lipinski definition) is 4. The molecule has 0 atom stereocenters. The first-order chi connectivity index (χ1) is 7.61. The van der Waals surface area contributed by atoms with E-state index in [1.807, 2.05) is 32.0 Å². The maximum Gasteiger partial charge on any atom is 0.348 e. The van der Waals surface area contributed by atoms with Crippen molar-refractivity contribution in [2.45, 2.75) is 19.8 Å². The van der Waals surface area contributed by atoms with E-state index in [2.05, 4.69) is 0 Å². The Labute approximate surface area is 96.8 Å². The molecule has 0 amide bonds. The maximum atomic E-state index is 11.4. The quantitative estimate of drug-likeness (QED) is 0.226. The van der Waals surface area contributed by atoms with Crippen molar-refractivity contribution in [3.63, 3.8) is 0 Å². The van der Waals surface area contributed by atoms with Crippen molar-refractivity contribution in [3.05, 3.63) is 23.9 Å². The first kappa shape index (κ1) is 14.2. The third-order valence-corrected chi connectivity index (χ3v) is 1.72. The summed E-state index contributed by atoms with van der Waals surface area (Å²) in [6.45, 7) is 2.38. The highest BCUT2D eigenvalue weighted by molar-refractivity contribution is 5.93. The van der Waals surface area contributed by atoms with Gasteiger partial charge in [-0.3, -0.25) is 0 Å². The van der Waals surface area contributed by atoms with Gasteiger partial charge in [0.25, 0.3) is 0 Å². The van der Waals surface area contributed by atoms with Gasteiger partial charge in [0, 0.05) is 14.1 Å². The van der Waals surface area contributed by atoms with Crippen molar-refractivity contribution in [2.75, 3.05) is 20.7 Å². The van der Waals surface area contributed by atoms with Crippen LogP contribution in [-0.4, -0.2) is 31.6 Å². The normalized spacial score (nSPS) is 11.2. The molecule has 0 aliphatic carbocycles. The number of unbranched alkanes of at least 4 members (excludes halogenated alkanes) is 1. The zero-order valence-corrected chi connectivity index (χ0v) is 10.1. The molecule has 0 aliphatic heterocycles. The second-order valence-electron chi connectivity index (χ2n) is 3.49. The molecule has 0 aliphatic rings. The molecule has 88 valence electrons. The number of carbonyl (C=O) groups is 1. The van der Waals surface area contributed by atoms with Gasteiger partial charge < -0.3 is 9.64 Å². The molecule has 0 rings (SSSR count). The minimum Gasteiger partial charge on any atom is -0.462 e. The Kier molecular flexibility index (Phi) is 7.60. The van der Waals surface area contributed by atoms with E-state index < -0.39 is 5.97 Å². The highest BCUT2D eigenvalue weighted by Gasteiger charge is 2.08. The van der Waals surface area contributed by atoms with Crippen molar-refractivity contribution < 1.29 is 9.53 Å². The van der Waals surface area contributed by atoms with E-state index in [1.165, 1.54) is 6.08 Å². The van der Waals surface area contributed by atoms with Crippen LogP contribution < -0.4 is 0 Å². The van der Waals surface area contributed by atoms with Gasteiger partial charge in [-0.2, -0.15) is 5.26 Å². The molecule has 0 N–H and O–H groups in total. The predicted molar refractivity (Wildman–Crippen MR) is 62.4 cm³/mol. The van der Waals surface area contributed by atoms with Crippen LogP contribution in [0.2, 0.25) is 0 Å². The number of nitriles is 1. The highest BCUT2D eigenvalue weighted by Crippen LogP contribution is 1.99. The Bertz CT molecular complexity index is 311. The zero-order chi connectivity index (χ0) is 12.4. The summed E-state index contributed by atoms with van der Waals surface area (Å²) in [6.07, 6.45) is 6.61. The molecule has 0 aromatic carbocycles. The van der Waals surface area contributed by atoms with Crippen LogP contribution in [0.4, 0.5) is 0 Å². The van der Waals surface area contributed by atoms with Gasteiger partial charge in [0.05, 0.1) is 6.61 Å². The smallest absolute Gasteiger partial charge is 0.348 e. The van der Waals surface area contributed by atoms with Crippen LogP contribution in [-0.2, 0) is 9.53 Å². The van der Waals surface area contributed by atoms with Gasteiger partial charge in [0.15, 0.2) is 0 Å². The fourth-order valence-corrected chi connectivity index (χ4v) is 0.849. The van der Waals surface area contributed by atoms with Gasteiger partial charge in [-0.15, -0.1) is 0 Å². The lowest BCUT2D eigenvalue weighted by Gasteiger charge is -2.02. The molecule has 0 aromatic heterocycles. The van der Waals surface area contributed by atoms with Gasteiger partial charge in [0.1, 0.15) is 11.6 Å². The Balaban J connectivity index is 4.27. The summed E-state index contributed by atoms with van der Waals surface area (Å²) in [6, 6.07) is 1.82. The van der Waals surface area contributed by atoms with Gasteiger partial charge >= 0.3 is 5.97 Å². The van der Waals surface area contributed by atoms with Crippen LogP contribution in [0.1, 0.15) is 19.8 Å². The Morgan fingerprint density at radius 1 is 1.50 bits per heavy atom. The molecular weight excluding hydrogens is 204 g/mol. The summed E-state index contributed by atoms with van der Waals surface area (Å²) in [5, 5.41) is 8.75. The molecule has 0 aromatic rings. The summed E-state index contributed by atoms with van der Waals surface area (Å²) >= 11 is 0. The lowest BCUT2D eigenvalue weighted by molar-refractivity contribution is -0.138. The fraction of sp³-hybridized carbons (Fsp3) is 0.500. The molecule has 0 heterocycles. The largest absolute Gasteiger partial charge is 0.462 e. The molecule has 0 fully saturated rings. The third-order valence-electron chi connectivity index (χ3n) is 1.72. The SMILES string of the molecule is CCCCOC(=O)C(C#N)=CC=CN(C)C. The molecule has 0 spiro atoms. The van der Waals surface area contributed by atoms with E-state index >= 15 is 0 Å². The van der Waals surface area contributed by atoms with Crippen molar-refractivity contribution in [3.8, 4) is 6.07 Å². The highest BCUT2D eigenvalue weighted by atomic mass is 16.5. The van der Waals surface area contributed by atoms with Crippen LogP contribution in [0, 0.1) is 11.3 Å². The van der Waals surface area contributed by atoms with Crippen molar-refractivity contribution >= 4 is 5.97 Å². The summed E-state index contributed by atoms with van der Waals surface area (Å²) in [4.78, 5) is 13.2. The summed E-state index contributed by atoms with van der Waals surface area (Å²) in [5.74, 6) is -0.556. The van der Waals surface area contributed by atoms with Crippen molar-refractivity contribution in [1.82, 2.24) is 4.90 Å². The Morgan fingerprint density at radius 2 is 2.19 bits per heavy atom. The Morgan fingerprint density at radius 3 is 2.69 bits per heavy atom. The number of ether oxygens (including phenoxy) is 1. The molecule has 16 heavy (non-hydrogen) atoms. The molecule has 4 heteroatoms. The first-order valence-electron chi connectivity index (χ1n) is 5.24. The molecular formula is C12H18N2O2. The molecule has 0 saturated carbocycles. The van der Waals surface area contributed by atoms with E-state index in [1.54, 1.807) is 12.3 Å². The number of esters is 1. The third kappa shape index (κ3) is 6.66. The average Bonchev–Trinajstić information content (AvgIpc) is 2.24. The summed E-state index contributed by atoms with van der Waals surface area (Å²) < 4.78 is 4.92. The van der Waals surface area contributed by atoms with E-state index in [0.717, 1.165) is 12.8 Å². The number of allylic oxidation sites excluding steroid dienone is 2. The molecule has 0 unspecified atom stereocenters. The van der Waals surface area contributed by atoms with Crippen molar-refractivity contribution in [2.24, 2.45) is 0 Å². The summed E-state index contributed by atoms with van der Waals surface area (Å²) in [5.41, 5.74) is 0.0224. The second-order valence-corrected chi connectivity index (χ2v) is 3.49. The lowest BCUT2D eigenvalue weighted by atomic mass is 10.2. The van der Waals surface area contributed by atoms with E-state index in [0.29, 0.717) is 6.61 Å². The summed E-state index contributed by atoms with van der Waals surface area (Å²) in [7, 11) is 3.71. The number of rotatable bonds is 6. The molecule has 4 nitrogen and oxygen atoms in total. The molecule has 0 saturated heterocycles. The van der Waals surface area contributed by atoms with E-state index in [-0.39, 0.29) is 5.57 Å². The first-order valence-corrected chi connectivity index (χ1v) is 5.24. The van der Waals surface area contributed by atoms with Crippen LogP contribution >= 0.6 is 0 Å². The lowest BCUT2D eigenvalue weighted by Crippen LogP contribution is -2.07. The maximum absolute atomic E-state index is 11.4. The minimum atomic E-state index is -0.556.